The van der Waals surface area contributed by atoms with Crippen LogP contribution in [0, 0.1) is 0 Å². The van der Waals surface area contributed by atoms with Crippen LogP contribution in [-0.4, -0.2) is 111 Å². The van der Waals surface area contributed by atoms with Gasteiger partial charge in [-0.15, -0.1) is 0 Å². The van der Waals surface area contributed by atoms with Crippen LogP contribution in [0.2, 0.25) is 0 Å². The van der Waals surface area contributed by atoms with Gasteiger partial charge in [-0.2, -0.15) is 0 Å². The number of piperidine rings is 1. The molecule has 1 atom stereocenters. The molecule has 0 aromatic heterocycles. The van der Waals surface area contributed by atoms with Crippen LogP contribution in [0.25, 0.3) is 0 Å². The summed E-state index contributed by atoms with van der Waals surface area (Å²) in [5.74, 6) is 0.0108. The molecule has 37 heavy (non-hydrogen) atoms. The van der Waals surface area contributed by atoms with Gasteiger partial charge >= 0.3 is 0 Å². The molecule has 4 fully saturated rings. The molecule has 1 amide bonds. The van der Waals surface area contributed by atoms with Gasteiger partial charge in [-0.25, -0.2) is 0 Å². The minimum absolute atomic E-state index is 0.0108. The molecule has 3 N–H and O–H groups in total. The number of hydrogen-bond donors (Lipinski definition) is 3. The molecule has 2 aliphatic heterocycles. The molecule has 2 saturated carbocycles. The first kappa shape index (κ1) is 27.0. The highest BCUT2D eigenvalue weighted by Gasteiger charge is 2.57. The van der Waals surface area contributed by atoms with Crippen LogP contribution in [-0.2, 0) is 10.3 Å². The lowest BCUT2D eigenvalue weighted by Gasteiger charge is -2.53. The van der Waals surface area contributed by atoms with Gasteiger partial charge < -0.3 is 20.2 Å². The second kappa shape index (κ2) is 9.88. The van der Waals surface area contributed by atoms with Gasteiger partial charge in [0.05, 0.1) is 17.7 Å². The number of β-amino-alcohol motifs (C(OH)–C–C–N with tert-alkyl or cyclic N) is 1. The van der Waals surface area contributed by atoms with Crippen molar-refractivity contribution in [1.82, 2.24) is 19.6 Å². The van der Waals surface area contributed by atoms with Crippen molar-refractivity contribution in [1.29, 1.82) is 0 Å². The molecule has 1 aromatic carbocycles. The van der Waals surface area contributed by atoms with Crippen LogP contribution < -0.4 is 0 Å². The predicted molar refractivity (Wildman–Crippen MR) is 143 cm³/mol. The van der Waals surface area contributed by atoms with E-state index in [1.165, 1.54) is 5.56 Å². The van der Waals surface area contributed by atoms with E-state index >= 15 is 0 Å². The Balaban J connectivity index is 1.34. The highest BCUT2D eigenvalue weighted by molar-refractivity contribution is 5.78. The molecule has 1 aromatic rings. The first-order valence-electron chi connectivity index (χ1n) is 14.1. The Morgan fingerprint density at radius 3 is 2.14 bits per heavy atom. The Labute approximate surface area is 221 Å². The summed E-state index contributed by atoms with van der Waals surface area (Å²) in [6.45, 7) is 4.17. The fourth-order valence-electron chi connectivity index (χ4n) is 7.27. The zero-order valence-corrected chi connectivity index (χ0v) is 22.9. The molecular formula is C29H46N4O4. The van der Waals surface area contributed by atoms with Crippen molar-refractivity contribution in [2.75, 3.05) is 46.8 Å². The van der Waals surface area contributed by atoms with Crippen LogP contribution in [0.4, 0.5) is 0 Å². The fraction of sp³-hybridized carbons (Fsp3) is 0.759. The molecule has 206 valence electrons. The zero-order chi connectivity index (χ0) is 26.5. The Bertz CT molecular complexity index is 946. The molecule has 8 heteroatoms. The third kappa shape index (κ3) is 5.09. The van der Waals surface area contributed by atoms with Crippen molar-refractivity contribution in [3.8, 4) is 0 Å². The van der Waals surface area contributed by atoms with E-state index in [0.717, 1.165) is 44.9 Å². The Kier molecular flexibility index (Phi) is 7.22. The summed E-state index contributed by atoms with van der Waals surface area (Å²) in [5.41, 5.74) is -0.467. The third-order valence-electron chi connectivity index (χ3n) is 10.2. The minimum Gasteiger partial charge on any atom is -0.390 e. The van der Waals surface area contributed by atoms with Crippen molar-refractivity contribution in [2.24, 2.45) is 0 Å². The van der Waals surface area contributed by atoms with Crippen LogP contribution in [0.1, 0.15) is 70.3 Å². The zero-order valence-electron chi connectivity index (χ0n) is 22.9. The maximum absolute atomic E-state index is 13.2. The first-order valence-corrected chi connectivity index (χ1v) is 14.1. The van der Waals surface area contributed by atoms with Gasteiger partial charge in [-0.1, -0.05) is 30.3 Å². The highest BCUT2D eigenvalue weighted by atomic mass is 16.3. The average Bonchev–Trinajstić information content (AvgIpc) is 3.09. The van der Waals surface area contributed by atoms with Crippen LogP contribution in [0.3, 0.4) is 0 Å². The average molecular weight is 515 g/mol. The molecule has 8 nitrogen and oxygen atoms in total. The Hall–Kier alpha value is -1.55. The molecule has 0 bridgehead atoms. The summed E-state index contributed by atoms with van der Waals surface area (Å²) in [5, 5.41) is 32.9. The molecule has 2 aliphatic carbocycles. The van der Waals surface area contributed by atoms with E-state index < -0.39 is 17.6 Å². The maximum Gasteiger partial charge on any atom is 0.236 e. The molecule has 2 saturated heterocycles. The molecule has 1 unspecified atom stereocenters. The van der Waals surface area contributed by atoms with Crippen molar-refractivity contribution < 1.29 is 20.1 Å². The fourth-order valence-corrected chi connectivity index (χ4v) is 7.27. The summed E-state index contributed by atoms with van der Waals surface area (Å²) in [7, 11) is 4.31. The van der Waals surface area contributed by atoms with Gasteiger partial charge in [0, 0.05) is 37.3 Å². The Morgan fingerprint density at radius 2 is 1.59 bits per heavy atom. The monoisotopic (exact) mass is 514 g/mol. The van der Waals surface area contributed by atoms with Gasteiger partial charge in [-0.3, -0.25) is 19.5 Å². The third-order valence-corrected chi connectivity index (χ3v) is 10.2. The molecule has 1 spiro atoms. The van der Waals surface area contributed by atoms with Gasteiger partial charge in [0.25, 0.3) is 0 Å². The number of nitrogens with zero attached hydrogens (tertiary/aromatic N) is 4. The van der Waals surface area contributed by atoms with Crippen molar-refractivity contribution in [2.45, 2.75) is 93.3 Å². The molecule has 2 heterocycles. The lowest BCUT2D eigenvalue weighted by Crippen LogP contribution is -2.60. The number of aliphatic hydroxyl groups is 3. The standard InChI is InChI=1S/C29H46N4O4/c1-26(36)16-18-31(19-17-26)24(34)20-32-21-27(33(25(32)35)22-28(37)10-7-11-28)12-14-29(15-13-27,30(2)3)23-8-5-4-6-9-23/h4-6,8-9,25,35-37H,7,10-22H2,1-3H3. The van der Waals surface area contributed by atoms with Gasteiger partial charge in [0.15, 0.2) is 6.35 Å². The summed E-state index contributed by atoms with van der Waals surface area (Å²) in [4.78, 5) is 21.5. The van der Waals surface area contributed by atoms with E-state index in [2.05, 4.69) is 54.2 Å². The second-order valence-electron chi connectivity index (χ2n) is 12.9. The largest absolute Gasteiger partial charge is 0.390 e. The molecule has 4 aliphatic rings. The SMILES string of the molecule is CN(C)C1(c2ccccc2)CCC2(CC1)CN(CC(=O)N1CCC(C)(O)CC1)C(O)N2CC1(O)CCC1. The normalized spacial score (nSPS) is 34.1. The van der Waals surface area contributed by atoms with E-state index in [-0.39, 0.29) is 23.5 Å². The second-order valence-corrected chi connectivity index (χ2v) is 12.9. The van der Waals surface area contributed by atoms with E-state index in [4.69, 9.17) is 0 Å². The number of carbonyl (C=O) groups is 1. The number of amides is 1. The van der Waals surface area contributed by atoms with Crippen LogP contribution >= 0.6 is 0 Å². The number of rotatable bonds is 6. The molecule has 0 radical (unpaired) electrons. The quantitative estimate of drug-likeness (QED) is 0.535. The van der Waals surface area contributed by atoms with Crippen LogP contribution in [0.15, 0.2) is 30.3 Å². The smallest absolute Gasteiger partial charge is 0.236 e. The summed E-state index contributed by atoms with van der Waals surface area (Å²) in [6, 6.07) is 10.7. The van der Waals surface area contributed by atoms with Crippen molar-refractivity contribution in [3.05, 3.63) is 35.9 Å². The summed E-state index contributed by atoms with van der Waals surface area (Å²) < 4.78 is 0. The molecule has 5 rings (SSSR count). The van der Waals surface area contributed by atoms with E-state index in [1.54, 1.807) is 0 Å². The predicted octanol–water partition coefficient (Wildman–Crippen LogP) is 1.94. The van der Waals surface area contributed by atoms with Crippen molar-refractivity contribution in [3.63, 3.8) is 0 Å². The molecular weight excluding hydrogens is 468 g/mol. The topological polar surface area (TPSA) is 90.7 Å². The highest BCUT2D eigenvalue weighted by Crippen LogP contribution is 2.50. The Morgan fingerprint density at radius 1 is 0.973 bits per heavy atom. The van der Waals surface area contributed by atoms with Crippen molar-refractivity contribution >= 4 is 5.91 Å². The number of likely N-dealkylation sites (tertiary alicyclic amines) is 1. The van der Waals surface area contributed by atoms with E-state index in [1.807, 2.05) is 16.7 Å². The number of hydrogen-bond acceptors (Lipinski definition) is 7. The van der Waals surface area contributed by atoms with Crippen LogP contribution in [0.5, 0.6) is 0 Å². The van der Waals surface area contributed by atoms with E-state index in [9.17, 15) is 20.1 Å². The number of aliphatic hydroxyl groups excluding tert-OH is 1. The van der Waals surface area contributed by atoms with E-state index in [0.29, 0.717) is 39.0 Å². The van der Waals surface area contributed by atoms with Gasteiger partial charge in [0.1, 0.15) is 0 Å². The summed E-state index contributed by atoms with van der Waals surface area (Å²) in [6.07, 6.45) is 6.53. The minimum atomic E-state index is -0.884. The number of carbonyl (C=O) groups excluding carboxylic acids is 1. The van der Waals surface area contributed by atoms with Gasteiger partial charge in [0.2, 0.25) is 5.91 Å². The van der Waals surface area contributed by atoms with Gasteiger partial charge in [-0.05, 0) is 84.4 Å². The first-order chi connectivity index (χ1) is 17.5. The lowest BCUT2D eigenvalue weighted by atomic mass is 9.67. The summed E-state index contributed by atoms with van der Waals surface area (Å²) >= 11 is 0. The lowest BCUT2D eigenvalue weighted by molar-refractivity contribution is -0.152. The number of benzene rings is 1. The maximum atomic E-state index is 13.2.